The van der Waals surface area contributed by atoms with E-state index < -0.39 is 17.6 Å². The van der Waals surface area contributed by atoms with Crippen LogP contribution in [0.3, 0.4) is 0 Å². The van der Waals surface area contributed by atoms with Gasteiger partial charge in [0.1, 0.15) is 5.82 Å². The average Bonchev–Trinajstić information content (AvgIpc) is 2.02. The molecular formula is C8H4Cl2F4. The molecule has 6 heteroatoms. The lowest BCUT2D eigenvalue weighted by Crippen LogP contribution is -2.08. The van der Waals surface area contributed by atoms with E-state index in [1.807, 2.05) is 0 Å². The van der Waals surface area contributed by atoms with Crippen molar-refractivity contribution in [1.82, 2.24) is 0 Å². The summed E-state index contributed by atoms with van der Waals surface area (Å²) in [6.07, 6.45) is -4.73. The Morgan fingerprint density at radius 3 is 2.21 bits per heavy atom. The highest BCUT2D eigenvalue weighted by Crippen LogP contribution is 2.34. The maximum absolute atomic E-state index is 12.8. The van der Waals surface area contributed by atoms with E-state index >= 15 is 0 Å². The minimum absolute atomic E-state index is 0.0575. The summed E-state index contributed by atoms with van der Waals surface area (Å²) in [5, 5.41) is -0.106. The highest BCUT2D eigenvalue weighted by Gasteiger charge is 2.34. The lowest BCUT2D eigenvalue weighted by atomic mass is 10.1. The van der Waals surface area contributed by atoms with E-state index in [1.54, 1.807) is 0 Å². The van der Waals surface area contributed by atoms with Gasteiger partial charge in [0.2, 0.25) is 0 Å². The van der Waals surface area contributed by atoms with E-state index in [-0.39, 0.29) is 16.5 Å². The second kappa shape index (κ2) is 3.95. The third kappa shape index (κ3) is 2.30. The lowest BCUT2D eigenvalue weighted by Gasteiger charge is -2.10. The first kappa shape index (κ1) is 11.6. The van der Waals surface area contributed by atoms with Gasteiger partial charge >= 0.3 is 6.18 Å². The highest BCUT2D eigenvalue weighted by molar-refractivity contribution is 6.32. The summed E-state index contributed by atoms with van der Waals surface area (Å²) in [5.74, 6) is -1.58. The van der Waals surface area contributed by atoms with Crippen LogP contribution in [0.5, 0.6) is 0 Å². The van der Waals surface area contributed by atoms with Crippen molar-refractivity contribution in [2.75, 3.05) is 0 Å². The summed E-state index contributed by atoms with van der Waals surface area (Å²) in [5.41, 5.74) is -1.29. The minimum atomic E-state index is -4.73. The average molecular weight is 247 g/mol. The molecule has 0 atom stereocenters. The molecule has 78 valence electrons. The molecule has 0 spiro atoms. The largest absolute Gasteiger partial charge is 0.419 e. The maximum atomic E-state index is 12.8. The van der Waals surface area contributed by atoms with E-state index in [0.29, 0.717) is 12.1 Å². The molecule has 1 aromatic carbocycles. The van der Waals surface area contributed by atoms with Crippen LogP contribution in [0.1, 0.15) is 11.1 Å². The van der Waals surface area contributed by atoms with Crippen molar-refractivity contribution in [3.63, 3.8) is 0 Å². The molecule has 1 aromatic rings. The SMILES string of the molecule is Fc1cc(Cl)c(CCl)cc1C(F)(F)F. The maximum Gasteiger partial charge on any atom is 0.419 e. The van der Waals surface area contributed by atoms with Crippen molar-refractivity contribution in [3.05, 3.63) is 34.1 Å². The summed E-state index contributed by atoms with van der Waals surface area (Å²) in [6.45, 7) is 0. The molecule has 0 saturated carbocycles. The van der Waals surface area contributed by atoms with Gasteiger partial charge in [-0.25, -0.2) is 4.39 Å². The second-order valence-electron chi connectivity index (χ2n) is 2.55. The van der Waals surface area contributed by atoms with Crippen LogP contribution in [0.25, 0.3) is 0 Å². The van der Waals surface area contributed by atoms with Crippen LogP contribution in [-0.2, 0) is 12.1 Å². The normalized spacial score (nSPS) is 11.9. The molecule has 0 bridgehead atoms. The van der Waals surface area contributed by atoms with Gasteiger partial charge < -0.3 is 0 Å². The summed E-state index contributed by atoms with van der Waals surface area (Å²) < 4.78 is 49.3. The predicted octanol–water partition coefficient (Wildman–Crippen LogP) is 4.24. The molecule has 0 aliphatic heterocycles. The Bertz CT molecular complexity index is 346. The molecule has 0 radical (unpaired) electrons. The van der Waals surface area contributed by atoms with E-state index in [4.69, 9.17) is 23.2 Å². The molecule has 0 unspecified atom stereocenters. The van der Waals surface area contributed by atoms with E-state index in [0.717, 1.165) is 0 Å². The molecule has 0 aliphatic carbocycles. The van der Waals surface area contributed by atoms with Crippen LogP contribution >= 0.6 is 23.2 Å². The lowest BCUT2D eigenvalue weighted by molar-refractivity contribution is -0.140. The fourth-order valence-corrected chi connectivity index (χ4v) is 1.42. The van der Waals surface area contributed by atoms with Crippen LogP contribution in [-0.4, -0.2) is 0 Å². The molecule has 0 aliphatic rings. The van der Waals surface area contributed by atoms with Crippen LogP contribution in [0.4, 0.5) is 17.6 Å². The summed E-state index contributed by atoms with van der Waals surface area (Å²) in [7, 11) is 0. The molecule has 0 saturated heterocycles. The smallest absolute Gasteiger partial charge is 0.206 e. The van der Waals surface area contributed by atoms with Crippen LogP contribution < -0.4 is 0 Å². The first-order valence-electron chi connectivity index (χ1n) is 3.47. The van der Waals surface area contributed by atoms with Crippen molar-refractivity contribution in [2.45, 2.75) is 12.1 Å². The van der Waals surface area contributed by atoms with Crippen molar-refractivity contribution in [3.8, 4) is 0 Å². The quantitative estimate of drug-likeness (QED) is 0.514. The molecule has 0 aromatic heterocycles. The molecule has 0 nitrogen and oxygen atoms in total. The first-order valence-corrected chi connectivity index (χ1v) is 4.38. The molecule has 1 rings (SSSR count). The number of rotatable bonds is 1. The first-order chi connectivity index (χ1) is 6.36. The van der Waals surface area contributed by atoms with Gasteiger partial charge in [0.15, 0.2) is 0 Å². The third-order valence-electron chi connectivity index (χ3n) is 1.59. The Kier molecular flexibility index (Phi) is 3.27. The fourth-order valence-electron chi connectivity index (χ4n) is 0.913. The molecule has 0 N–H and O–H groups in total. The Morgan fingerprint density at radius 2 is 1.79 bits per heavy atom. The van der Waals surface area contributed by atoms with Crippen LogP contribution in [0.2, 0.25) is 5.02 Å². The molecule has 0 fully saturated rings. The zero-order chi connectivity index (χ0) is 10.9. The van der Waals surface area contributed by atoms with Gasteiger partial charge in [-0.3, -0.25) is 0 Å². The minimum Gasteiger partial charge on any atom is -0.206 e. The van der Waals surface area contributed by atoms with Crippen molar-refractivity contribution in [2.24, 2.45) is 0 Å². The van der Waals surface area contributed by atoms with Gasteiger partial charge in [0.25, 0.3) is 0 Å². The highest BCUT2D eigenvalue weighted by atomic mass is 35.5. The Morgan fingerprint density at radius 1 is 1.21 bits per heavy atom. The van der Waals surface area contributed by atoms with Gasteiger partial charge in [-0.1, -0.05) is 11.6 Å². The van der Waals surface area contributed by atoms with Crippen molar-refractivity contribution in [1.29, 1.82) is 0 Å². The van der Waals surface area contributed by atoms with Crippen molar-refractivity contribution < 1.29 is 17.6 Å². The van der Waals surface area contributed by atoms with E-state index in [9.17, 15) is 17.6 Å². The summed E-state index contributed by atoms with van der Waals surface area (Å²) >= 11 is 10.8. The van der Waals surface area contributed by atoms with Gasteiger partial charge in [0.05, 0.1) is 5.56 Å². The van der Waals surface area contributed by atoms with Crippen LogP contribution in [0, 0.1) is 5.82 Å². The van der Waals surface area contributed by atoms with Gasteiger partial charge in [-0.05, 0) is 17.7 Å². The zero-order valence-electron chi connectivity index (χ0n) is 6.63. The monoisotopic (exact) mass is 246 g/mol. The van der Waals surface area contributed by atoms with Gasteiger partial charge in [-0.2, -0.15) is 13.2 Å². The van der Waals surface area contributed by atoms with Gasteiger partial charge in [-0.15, -0.1) is 11.6 Å². The Hall–Kier alpha value is -0.480. The number of hydrogen-bond acceptors (Lipinski definition) is 0. The molecule has 0 heterocycles. The molecular weight excluding hydrogens is 243 g/mol. The Balaban J connectivity index is 3.32. The number of hydrogen-bond donors (Lipinski definition) is 0. The van der Waals surface area contributed by atoms with E-state index in [1.165, 1.54) is 0 Å². The summed E-state index contributed by atoms with van der Waals surface area (Å²) in [6, 6.07) is 1.23. The zero-order valence-corrected chi connectivity index (χ0v) is 8.14. The predicted molar refractivity (Wildman–Crippen MR) is 46.0 cm³/mol. The van der Waals surface area contributed by atoms with E-state index in [2.05, 4.69) is 0 Å². The second-order valence-corrected chi connectivity index (χ2v) is 3.23. The van der Waals surface area contributed by atoms with Crippen molar-refractivity contribution >= 4 is 23.2 Å². The standard InChI is InChI=1S/C8H4Cl2F4/c9-3-4-1-5(8(12,13)14)7(11)2-6(4)10/h1-2H,3H2. The third-order valence-corrected chi connectivity index (χ3v) is 2.23. The molecule has 0 amide bonds. The fraction of sp³-hybridized carbons (Fsp3) is 0.250. The summed E-state index contributed by atoms with van der Waals surface area (Å²) in [4.78, 5) is 0. The van der Waals surface area contributed by atoms with Crippen LogP contribution in [0.15, 0.2) is 12.1 Å². The van der Waals surface area contributed by atoms with Gasteiger partial charge in [0, 0.05) is 10.9 Å². The Labute approximate surface area is 87.4 Å². The molecule has 14 heavy (non-hydrogen) atoms. The topological polar surface area (TPSA) is 0 Å². The number of alkyl halides is 4. The number of halogens is 6. The number of benzene rings is 1.